The van der Waals surface area contributed by atoms with E-state index in [4.69, 9.17) is 4.74 Å². The molecule has 1 aliphatic rings. The summed E-state index contributed by atoms with van der Waals surface area (Å²) in [6, 6.07) is 9.29. The maximum absolute atomic E-state index is 5.68. The first kappa shape index (κ1) is 15.3. The lowest BCUT2D eigenvalue weighted by Gasteiger charge is -2.29. The number of rotatable bonds is 7. The second-order valence-electron chi connectivity index (χ2n) is 5.74. The number of hydrogen-bond donors (Lipinski definition) is 1. The van der Waals surface area contributed by atoms with Crippen molar-refractivity contribution in [1.82, 2.24) is 5.32 Å². The van der Waals surface area contributed by atoms with Crippen molar-refractivity contribution in [1.29, 1.82) is 0 Å². The molecule has 1 fully saturated rings. The van der Waals surface area contributed by atoms with Crippen LogP contribution in [0.5, 0.6) is 0 Å². The zero-order chi connectivity index (χ0) is 14.4. The summed E-state index contributed by atoms with van der Waals surface area (Å²) < 4.78 is 5.68. The van der Waals surface area contributed by atoms with Crippen LogP contribution in [0.2, 0.25) is 0 Å². The summed E-state index contributed by atoms with van der Waals surface area (Å²) in [6.45, 7) is 11.5. The second-order valence-corrected chi connectivity index (χ2v) is 5.74. The molecule has 1 aromatic rings. The summed E-state index contributed by atoms with van der Waals surface area (Å²) >= 11 is 0. The molecule has 0 saturated carbocycles. The minimum Gasteiger partial charge on any atom is -0.379 e. The first-order chi connectivity index (χ1) is 9.74. The van der Waals surface area contributed by atoms with Gasteiger partial charge < -0.3 is 15.0 Å². The van der Waals surface area contributed by atoms with Gasteiger partial charge in [0, 0.05) is 30.7 Å². The van der Waals surface area contributed by atoms with E-state index in [1.807, 2.05) is 0 Å². The fraction of sp³-hybridized carbons (Fsp3) is 0.647. The fourth-order valence-electron chi connectivity index (χ4n) is 2.86. The number of nitrogens with one attached hydrogen (secondary N) is 1. The van der Waals surface area contributed by atoms with Gasteiger partial charge in [-0.2, -0.15) is 0 Å². The number of benzene rings is 1. The molecule has 1 saturated heterocycles. The third-order valence-corrected chi connectivity index (χ3v) is 4.06. The van der Waals surface area contributed by atoms with Gasteiger partial charge in [0.15, 0.2) is 0 Å². The molecular weight excluding hydrogens is 248 g/mol. The maximum atomic E-state index is 5.68. The van der Waals surface area contributed by atoms with E-state index >= 15 is 0 Å². The predicted molar refractivity (Wildman–Crippen MR) is 85.5 cm³/mol. The zero-order valence-corrected chi connectivity index (χ0v) is 13.1. The normalized spacial score (nSPS) is 22.1. The number of hydrogen-bond acceptors (Lipinski definition) is 3. The molecule has 0 aromatic heterocycles. The smallest absolute Gasteiger partial charge is 0.0624 e. The third-order valence-electron chi connectivity index (χ3n) is 4.06. The minimum absolute atomic E-state index is 0.508. The topological polar surface area (TPSA) is 24.5 Å². The molecule has 1 N–H and O–H groups in total. The lowest BCUT2D eigenvalue weighted by Crippen LogP contribution is -2.42. The van der Waals surface area contributed by atoms with Crippen LogP contribution in [0.15, 0.2) is 24.3 Å². The van der Waals surface area contributed by atoms with Crippen LogP contribution in [-0.2, 0) is 4.74 Å². The summed E-state index contributed by atoms with van der Waals surface area (Å²) in [6.07, 6.45) is 1.18. The van der Waals surface area contributed by atoms with E-state index in [9.17, 15) is 0 Å². The Labute approximate surface area is 123 Å². The van der Waals surface area contributed by atoms with E-state index in [0.29, 0.717) is 12.0 Å². The van der Waals surface area contributed by atoms with Gasteiger partial charge >= 0.3 is 0 Å². The Hall–Kier alpha value is -1.06. The highest BCUT2D eigenvalue weighted by Crippen LogP contribution is 2.21. The SMILES string of the molecule is CCCNC1COCC1CN(CC)c1cccc(C)c1. The fourth-order valence-corrected chi connectivity index (χ4v) is 2.86. The lowest BCUT2D eigenvalue weighted by atomic mass is 10.0. The summed E-state index contributed by atoms with van der Waals surface area (Å²) in [5.74, 6) is 0.585. The molecule has 0 aliphatic carbocycles. The summed E-state index contributed by atoms with van der Waals surface area (Å²) in [4.78, 5) is 2.47. The summed E-state index contributed by atoms with van der Waals surface area (Å²) in [5.41, 5.74) is 2.65. The molecular formula is C17H28N2O. The highest BCUT2D eigenvalue weighted by molar-refractivity contribution is 5.48. The number of nitrogens with zero attached hydrogens (tertiary/aromatic N) is 1. The first-order valence-corrected chi connectivity index (χ1v) is 7.87. The molecule has 1 aromatic carbocycles. The molecule has 2 unspecified atom stereocenters. The number of ether oxygens (including phenoxy) is 1. The van der Waals surface area contributed by atoms with Gasteiger partial charge in [0.05, 0.1) is 13.2 Å². The van der Waals surface area contributed by atoms with Crippen LogP contribution in [0.4, 0.5) is 5.69 Å². The van der Waals surface area contributed by atoms with Crippen molar-refractivity contribution in [2.45, 2.75) is 33.2 Å². The lowest BCUT2D eigenvalue weighted by molar-refractivity contribution is 0.183. The van der Waals surface area contributed by atoms with E-state index in [1.54, 1.807) is 0 Å². The highest BCUT2D eigenvalue weighted by atomic mass is 16.5. The van der Waals surface area contributed by atoms with Crippen molar-refractivity contribution in [3.8, 4) is 0 Å². The van der Waals surface area contributed by atoms with Crippen molar-refractivity contribution in [2.75, 3.05) is 37.7 Å². The van der Waals surface area contributed by atoms with Crippen LogP contribution in [0.25, 0.3) is 0 Å². The molecule has 1 heterocycles. The average molecular weight is 276 g/mol. The molecule has 0 amide bonds. The monoisotopic (exact) mass is 276 g/mol. The van der Waals surface area contributed by atoms with Gasteiger partial charge in [-0.3, -0.25) is 0 Å². The summed E-state index contributed by atoms with van der Waals surface area (Å²) in [5, 5.41) is 3.62. The molecule has 2 rings (SSSR count). The van der Waals surface area contributed by atoms with Crippen LogP contribution >= 0.6 is 0 Å². The van der Waals surface area contributed by atoms with E-state index in [-0.39, 0.29) is 0 Å². The molecule has 0 bridgehead atoms. The Morgan fingerprint density at radius 1 is 1.30 bits per heavy atom. The molecule has 0 radical (unpaired) electrons. The Bertz CT molecular complexity index is 408. The number of aryl methyl sites for hydroxylation is 1. The van der Waals surface area contributed by atoms with Crippen molar-refractivity contribution in [3.05, 3.63) is 29.8 Å². The molecule has 3 heteroatoms. The van der Waals surface area contributed by atoms with E-state index in [0.717, 1.165) is 32.8 Å². The molecule has 20 heavy (non-hydrogen) atoms. The van der Waals surface area contributed by atoms with Gasteiger partial charge in [-0.25, -0.2) is 0 Å². The first-order valence-electron chi connectivity index (χ1n) is 7.87. The molecule has 3 nitrogen and oxygen atoms in total. The van der Waals surface area contributed by atoms with Crippen molar-refractivity contribution in [3.63, 3.8) is 0 Å². The van der Waals surface area contributed by atoms with Gasteiger partial charge in [-0.15, -0.1) is 0 Å². The van der Waals surface area contributed by atoms with E-state index in [1.165, 1.54) is 17.7 Å². The number of anilines is 1. The third kappa shape index (κ3) is 3.97. The standard InChI is InChI=1S/C17H28N2O/c1-4-9-18-17-13-20-12-15(17)11-19(5-2)16-8-6-7-14(3)10-16/h6-8,10,15,17-18H,4-5,9,11-13H2,1-3H3. The molecule has 0 spiro atoms. The largest absolute Gasteiger partial charge is 0.379 e. The van der Waals surface area contributed by atoms with Crippen molar-refractivity contribution < 1.29 is 4.74 Å². The van der Waals surface area contributed by atoms with Gasteiger partial charge in [0.2, 0.25) is 0 Å². The van der Waals surface area contributed by atoms with Gasteiger partial charge in [0.1, 0.15) is 0 Å². The quantitative estimate of drug-likeness (QED) is 0.829. The van der Waals surface area contributed by atoms with Gasteiger partial charge in [0.25, 0.3) is 0 Å². The highest BCUT2D eigenvalue weighted by Gasteiger charge is 2.29. The Morgan fingerprint density at radius 3 is 2.85 bits per heavy atom. The summed E-state index contributed by atoms with van der Waals surface area (Å²) in [7, 11) is 0. The van der Waals surface area contributed by atoms with E-state index < -0.39 is 0 Å². The second kappa shape index (κ2) is 7.65. The molecule has 112 valence electrons. The van der Waals surface area contributed by atoms with Crippen LogP contribution < -0.4 is 10.2 Å². The molecule has 2 atom stereocenters. The maximum Gasteiger partial charge on any atom is 0.0624 e. The molecule has 1 aliphatic heterocycles. The van der Waals surface area contributed by atoms with Crippen molar-refractivity contribution in [2.24, 2.45) is 5.92 Å². The van der Waals surface area contributed by atoms with E-state index in [2.05, 4.69) is 55.3 Å². The van der Waals surface area contributed by atoms with Crippen LogP contribution in [0, 0.1) is 12.8 Å². The Morgan fingerprint density at radius 2 is 2.15 bits per heavy atom. The predicted octanol–water partition coefficient (Wildman–Crippen LogP) is 2.84. The average Bonchev–Trinajstić information content (AvgIpc) is 2.89. The zero-order valence-electron chi connectivity index (χ0n) is 13.1. The minimum atomic E-state index is 0.508. The van der Waals surface area contributed by atoms with Gasteiger partial charge in [-0.1, -0.05) is 19.1 Å². The van der Waals surface area contributed by atoms with Crippen LogP contribution in [-0.4, -0.2) is 38.9 Å². The van der Waals surface area contributed by atoms with Gasteiger partial charge in [-0.05, 0) is 44.5 Å². The Balaban J connectivity index is 1.98. The van der Waals surface area contributed by atoms with Crippen LogP contribution in [0.1, 0.15) is 25.8 Å². The Kier molecular flexibility index (Phi) is 5.86. The van der Waals surface area contributed by atoms with Crippen molar-refractivity contribution >= 4 is 5.69 Å². The van der Waals surface area contributed by atoms with Crippen LogP contribution in [0.3, 0.4) is 0 Å².